The molecule has 0 spiro atoms. The predicted octanol–water partition coefficient (Wildman–Crippen LogP) is 2.34. The summed E-state index contributed by atoms with van der Waals surface area (Å²) in [6, 6.07) is 0.278. The van der Waals surface area contributed by atoms with E-state index in [0.29, 0.717) is 0 Å². The van der Waals surface area contributed by atoms with Gasteiger partial charge in [-0.15, -0.1) is 0 Å². The zero-order chi connectivity index (χ0) is 13.1. The molecule has 0 bridgehead atoms. The third kappa shape index (κ3) is 3.23. The molecular formula is C13H23N3O. The summed E-state index contributed by atoms with van der Waals surface area (Å²) in [7, 11) is 1.67. The summed E-state index contributed by atoms with van der Waals surface area (Å²) < 4.78 is 5.39. The number of rotatable bonds is 5. The topological polar surface area (TPSA) is 47.0 Å². The molecule has 0 aliphatic rings. The fourth-order valence-corrected chi connectivity index (χ4v) is 1.70. The maximum absolute atomic E-state index is 5.39. The van der Waals surface area contributed by atoms with Crippen molar-refractivity contribution in [3.63, 3.8) is 0 Å². The van der Waals surface area contributed by atoms with E-state index in [1.807, 2.05) is 27.0 Å². The molecule has 1 heterocycles. The van der Waals surface area contributed by atoms with Gasteiger partial charge in [0.25, 0.3) is 0 Å². The number of hydrogen-bond donors (Lipinski definition) is 1. The Morgan fingerprint density at radius 1 is 1.47 bits per heavy atom. The number of aryl methyl sites for hydroxylation is 1. The molecule has 0 amide bonds. The lowest BCUT2D eigenvalue weighted by Gasteiger charge is -2.23. The van der Waals surface area contributed by atoms with Gasteiger partial charge in [-0.2, -0.15) is 0 Å². The molecule has 1 unspecified atom stereocenters. The van der Waals surface area contributed by atoms with Crippen LogP contribution in [0.5, 0.6) is 0 Å². The summed E-state index contributed by atoms with van der Waals surface area (Å²) >= 11 is 0. The van der Waals surface area contributed by atoms with Crippen LogP contribution in [0.2, 0.25) is 0 Å². The first-order valence-corrected chi connectivity index (χ1v) is 6.05. The summed E-state index contributed by atoms with van der Waals surface area (Å²) in [5, 5.41) is 3.36. The van der Waals surface area contributed by atoms with Crippen LogP contribution in [0.15, 0.2) is 6.20 Å². The molecule has 0 saturated heterocycles. The van der Waals surface area contributed by atoms with Gasteiger partial charge in [0.05, 0.1) is 0 Å². The fourth-order valence-electron chi connectivity index (χ4n) is 1.70. The fraction of sp³-hybridized carbons (Fsp3) is 0.692. The van der Waals surface area contributed by atoms with Gasteiger partial charge in [-0.05, 0) is 34.2 Å². The first-order chi connectivity index (χ1) is 7.92. The highest BCUT2D eigenvalue weighted by Gasteiger charge is 2.24. The Kier molecular flexibility index (Phi) is 4.60. The zero-order valence-corrected chi connectivity index (χ0v) is 11.7. The standard InChI is InChI=1S/C13H23N3O/c1-7-14-9(2)11-8-15-12(16-10(11)3)13(4,5)17-6/h8-9,14H,7H2,1-6H3. The van der Waals surface area contributed by atoms with Gasteiger partial charge < -0.3 is 10.1 Å². The highest BCUT2D eigenvalue weighted by atomic mass is 16.5. The van der Waals surface area contributed by atoms with E-state index in [9.17, 15) is 0 Å². The molecule has 0 aromatic carbocycles. The van der Waals surface area contributed by atoms with Gasteiger partial charge in [0.15, 0.2) is 5.82 Å². The Hall–Kier alpha value is -1.00. The van der Waals surface area contributed by atoms with Crippen molar-refractivity contribution >= 4 is 0 Å². The largest absolute Gasteiger partial charge is 0.371 e. The Labute approximate surface area is 104 Å². The van der Waals surface area contributed by atoms with E-state index < -0.39 is 5.60 Å². The van der Waals surface area contributed by atoms with Crippen molar-refractivity contribution in [2.24, 2.45) is 0 Å². The molecule has 1 atom stereocenters. The monoisotopic (exact) mass is 237 g/mol. The van der Waals surface area contributed by atoms with Crippen molar-refractivity contribution in [3.8, 4) is 0 Å². The van der Waals surface area contributed by atoms with Crippen LogP contribution in [0.25, 0.3) is 0 Å². The molecule has 0 fully saturated rings. The quantitative estimate of drug-likeness (QED) is 0.854. The molecule has 1 aromatic rings. The summed E-state index contributed by atoms with van der Waals surface area (Å²) in [5.74, 6) is 0.727. The molecule has 96 valence electrons. The van der Waals surface area contributed by atoms with Gasteiger partial charge in [0.2, 0.25) is 0 Å². The predicted molar refractivity (Wildman–Crippen MR) is 68.9 cm³/mol. The van der Waals surface area contributed by atoms with E-state index in [2.05, 4.69) is 29.1 Å². The van der Waals surface area contributed by atoms with Gasteiger partial charge in [0.1, 0.15) is 5.60 Å². The first-order valence-electron chi connectivity index (χ1n) is 6.05. The third-order valence-electron chi connectivity index (χ3n) is 3.04. The lowest BCUT2D eigenvalue weighted by Crippen LogP contribution is -2.25. The second kappa shape index (κ2) is 5.56. The molecule has 4 heteroatoms. The van der Waals surface area contributed by atoms with Crippen LogP contribution >= 0.6 is 0 Å². The van der Waals surface area contributed by atoms with Gasteiger partial charge in [-0.3, -0.25) is 0 Å². The van der Waals surface area contributed by atoms with Crippen LogP contribution < -0.4 is 5.32 Å². The molecule has 0 radical (unpaired) electrons. The van der Waals surface area contributed by atoms with Gasteiger partial charge in [0, 0.05) is 30.6 Å². The van der Waals surface area contributed by atoms with Gasteiger partial charge in [-0.25, -0.2) is 9.97 Å². The Morgan fingerprint density at radius 3 is 2.59 bits per heavy atom. The molecule has 1 rings (SSSR count). The number of nitrogens with one attached hydrogen (secondary N) is 1. The number of nitrogens with zero attached hydrogens (tertiary/aromatic N) is 2. The third-order valence-corrected chi connectivity index (χ3v) is 3.04. The van der Waals surface area contributed by atoms with Crippen LogP contribution in [0.4, 0.5) is 0 Å². The summed E-state index contributed by atoms with van der Waals surface area (Å²) in [6.45, 7) is 11.1. The average molecular weight is 237 g/mol. The Bertz CT molecular complexity index is 377. The molecule has 4 nitrogen and oxygen atoms in total. The maximum atomic E-state index is 5.39. The molecule has 0 aliphatic carbocycles. The van der Waals surface area contributed by atoms with E-state index in [1.54, 1.807) is 7.11 Å². The minimum Gasteiger partial charge on any atom is -0.371 e. The van der Waals surface area contributed by atoms with Gasteiger partial charge in [-0.1, -0.05) is 6.92 Å². The number of aromatic nitrogens is 2. The Morgan fingerprint density at radius 2 is 2.12 bits per heavy atom. The normalized spacial score (nSPS) is 13.8. The SMILES string of the molecule is CCNC(C)c1cnc(C(C)(C)OC)nc1C. The average Bonchev–Trinajstić information content (AvgIpc) is 2.29. The van der Waals surface area contributed by atoms with Crippen LogP contribution in [0.3, 0.4) is 0 Å². The molecule has 0 aliphatic heterocycles. The van der Waals surface area contributed by atoms with Crippen LogP contribution in [0.1, 0.15) is 50.8 Å². The molecular weight excluding hydrogens is 214 g/mol. The van der Waals surface area contributed by atoms with Crippen molar-refractivity contribution in [2.45, 2.75) is 46.3 Å². The Balaban J connectivity index is 3.02. The van der Waals surface area contributed by atoms with E-state index in [-0.39, 0.29) is 6.04 Å². The summed E-state index contributed by atoms with van der Waals surface area (Å²) in [6.07, 6.45) is 1.89. The molecule has 1 aromatic heterocycles. The van der Waals surface area contributed by atoms with Crippen molar-refractivity contribution in [1.29, 1.82) is 0 Å². The van der Waals surface area contributed by atoms with Crippen molar-refractivity contribution in [1.82, 2.24) is 15.3 Å². The highest BCUT2D eigenvalue weighted by Crippen LogP contribution is 2.22. The summed E-state index contributed by atoms with van der Waals surface area (Å²) in [4.78, 5) is 8.95. The van der Waals surface area contributed by atoms with E-state index in [1.165, 1.54) is 0 Å². The molecule has 17 heavy (non-hydrogen) atoms. The van der Waals surface area contributed by atoms with Crippen molar-refractivity contribution < 1.29 is 4.74 Å². The van der Waals surface area contributed by atoms with Crippen LogP contribution in [-0.2, 0) is 10.3 Å². The minimum atomic E-state index is -0.440. The van der Waals surface area contributed by atoms with Crippen LogP contribution in [-0.4, -0.2) is 23.6 Å². The van der Waals surface area contributed by atoms with E-state index >= 15 is 0 Å². The maximum Gasteiger partial charge on any atom is 0.159 e. The van der Waals surface area contributed by atoms with Crippen LogP contribution in [0, 0.1) is 6.92 Å². The minimum absolute atomic E-state index is 0.278. The number of methoxy groups -OCH3 is 1. The first kappa shape index (κ1) is 14.1. The number of hydrogen-bond acceptors (Lipinski definition) is 4. The smallest absolute Gasteiger partial charge is 0.159 e. The second-order valence-corrected chi connectivity index (χ2v) is 4.73. The highest BCUT2D eigenvalue weighted by molar-refractivity contribution is 5.21. The van der Waals surface area contributed by atoms with Crippen molar-refractivity contribution in [3.05, 3.63) is 23.3 Å². The number of ether oxygens (including phenoxy) is 1. The lowest BCUT2D eigenvalue weighted by molar-refractivity contribution is 0.0112. The summed E-state index contributed by atoms with van der Waals surface area (Å²) in [5.41, 5.74) is 1.71. The van der Waals surface area contributed by atoms with E-state index in [0.717, 1.165) is 23.6 Å². The lowest BCUT2D eigenvalue weighted by atomic mass is 10.1. The second-order valence-electron chi connectivity index (χ2n) is 4.73. The van der Waals surface area contributed by atoms with Crippen molar-refractivity contribution in [2.75, 3.05) is 13.7 Å². The van der Waals surface area contributed by atoms with Gasteiger partial charge >= 0.3 is 0 Å². The zero-order valence-electron chi connectivity index (χ0n) is 11.7. The molecule has 1 N–H and O–H groups in total. The van der Waals surface area contributed by atoms with E-state index in [4.69, 9.17) is 4.74 Å². The molecule has 0 saturated carbocycles.